The van der Waals surface area contributed by atoms with Gasteiger partial charge in [0.15, 0.2) is 0 Å². The standard InChI is InChI=1S/C17H19N5O/c1-20-7-9-21(10-8-20)17-18-11-14-15(19-17)12-22(16(14)23)13-5-3-2-4-6-13/h2-6,11H,7-10,12H2,1H3. The van der Waals surface area contributed by atoms with Gasteiger partial charge >= 0.3 is 0 Å². The van der Waals surface area contributed by atoms with Gasteiger partial charge in [0.2, 0.25) is 5.95 Å². The molecule has 2 aliphatic rings. The molecule has 1 aromatic heterocycles. The number of aromatic nitrogens is 2. The minimum absolute atomic E-state index is 0.0175. The van der Waals surface area contributed by atoms with Crippen LogP contribution in [0.3, 0.4) is 0 Å². The van der Waals surface area contributed by atoms with Crippen LogP contribution < -0.4 is 9.80 Å². The van der Waals surface area contributed by atoms with Gasteiger partial charge in [0.05, 0.1) is 17.8 Å². The number of carbonyl (C=O) groups excluding carboxylic acids is 1. The Hall–Kier alpha value is -2.47. The van der Waals surface area contributed by atoms with Crippen molar-refractivity contribution in [2.75, 3.05) is 43.0 Å². The van der Waals surface area contributed by atoms with E-state index in [1.54, 1.807) is 11.1 Å². The summed E-state index contributed by atoms with van der Waals surface area (Å²) >= 11 is 0. The molecule has 0 spiro atoms. The summed E-state index contributed by atoms with van der Waals surface area (Å²) in [5.74, 6) is 0.718. The number of piperazine rings is 1. The van der Waals surface area contributed by atoms with Crippen molar-refractivity contribution in [3.63, 3.8) is 0 Å². The molecule has 118 valence electrons. The minimum atomic E-state index is -0.0175. The molecule has 2 aromatic rings. The molecule has 0 unspecified atom stereocenters. The summed E-state index contributed by atoms with van der Waals surface area (Å²) in [5, 5.41) is 0. The first-order valence-electron chi connectivity index (χ1n) is 7.89. The summed E-state index contributed by atoms with van der Waals surface area (Å²) < 4.78 is 0. The predicted molar refractivity (Wildman–Crippen MR) is 88.7 cm³/mol. The number of carbonyl (C=O) groups is 1. The predicted octanol–water partition coefficient (Wildman–Crippen LogP) is 1.39. The van der Waals surface area contributed by atoms with E-state index >= 15 is 0 Å². The van der Waals surface area contributed by atoms with Gasteiger partial charge in [-0.1, -0.05) is 18.2 Å². The molecule has 1 amide bonds. The van der Waals surface area contributed by atoms with E-state index in [2.05, 4.69) is 26.8 Å². The lowest BCUT2D eigenvalue weighted by Crippen LogP contribution is -2.45. The largest absolute Gasteiger partial charge is 0.338 e. The van der Waals surface area contributed by atoms with Crippen molar-refractivity contribution in [2.45, 2.75) is 6.54 Å². The van der Waals surface area contributed by atoms with Crippen LogP contribution in [0.15, 0.2) is 36.5 Å². The van der Waals surface area contributed by atoms with Crippen LogP contribution in [0.5, 0.6) is 0 Å². The molecule has 2 aliphatic heterocycles. The maximum atomic E-state index is 12.6. The molecule has 23 heavy (non-hydrogen) atoms. The molecule has 0 bridgehead atoms. The van der Waals surface area contributed by atoms with Crippen LogP contribution >= 0.6 is 0 Å². The SMILES string of the molecule is CN1CCN(c2ncc3c(n2)CN(c2ccccc2)C3=O)CC1. The molecule has 0 saturated carbocycles. The maximum Gasteiger partial charge on any atom is 0.262 e. The summed E-state index contributed by atoms with van der Waals surface area (Å²) in [5.41, 5.74) is 2.34. The molecule has 4 rings (SSSR count). The Balaban J connectivity index is 1.59. The Bertz CT molecular complexity index is 725. The third-order valence-corrected chi connectivity index (χ3v) is 4.49. The quantitative estimate of drug-likeness (QED) is 0.839. The van der Waals surface area contributed by atoms with Crippen LogP contribution in [0.4, 0.5) is 11.6 Å². The number of nitrogens with zero attached hydrogens (tertiary/aromatic N) is 5. The Morgan fingerprint density at radius 3 is 2.52 bits per heavy atom. The number of hydrogen-bond acceptors (Lipinski definition) is 5. The topological polar surface area (TPSA) is 52.6 Å². The molecular formula is C17H19N5O. The van der Waals surface area contributed by atoms with Crippen molar-refractivity contribution in [3.8, 4) is 0 Å². The molecular weight excluding hydrogens is 290 g/mol. The highest BCUT2D eigenvalue weighted by molar-refractivity contribution is 6.09. The number of rotatable bonds is 2. The molecule has 0 N–H and O–H groups in total. The van der Waals surface area contributed by atoms with Crippen molar-refractivity contribution in [1.29, 1.82) is 0 Å². The highest BCUT2D eigenvalue weighted by Crippen LogP contribution is 2.27. The molecule has 0 aliphatic carbocycles. The maximum absolute atomic E-state index is 12.6. The van der Waals surface area contributed by atoms with Crippen molar-refractivity contribution in [1.82, 2.24) is 14.9 Å². The van der Waals surface area contributed by atoms with E-state index in [-0.39, 0.29) is 5.91 Å². The first-order chi connectivity index (χ1) is 11.2. The van der Waals surface area contributed by atoms with E-state index in [1.807, 2.05) is 30.3 Å². The summed E-state index contributed by atoms with van der Waals surface area (Å²) in [6, 6.07) is 9.71. The average Bonchev–Trinajstić information content (AvgIpc) is 2.93. The Labute approximate surface area is 135 Å². The summed E-state index contributed by atoms with van der Waals surface area (Å²) in [6.45, 7) is 4.38. The third kappa shape index (κ3) is 2.55. The van der Waals surface area contributed by atoms with E-state index in [9.17, 15) is 4.79 Å². The molecule has 0 radical (unpaired) electrons. The fourth-order valence-electron chi connectivity index (χ4n) is 3.05. The minimum Gasteiger partial charge on any atom is -0.338 e. The van der Waals surface area contributed by atoms with Crippen molar-refractivity contribution in [3.05, 3.63) is 47.8 Å². The van der Waals surface area contributed by atoms with Crippen molar-refractivity contribution >= 4 is 17.5 Å². The van der Waals surface area contributed by atoms with Crippen LogP contribution in [-0.4, -0.2) is 54.0 Å². The second-order valence-electron chi connectivity index (χ2n) is 6.05. The van der Waals surface area contributed by atoms with Gasteiger partial charge in [0.25, 0.3) is 5.91 Å². The van der Waals surface area contributed by atoms with Crippen LogP contribution in [0.2, 0.25) is 0 Å². The number of likely N-dealkylation sites (N-methyl/N-ethyl adjacent to an activating group) is 1. The Morgan fingerprint density at radius 1 is 1.04 bits per heavy atom. The van der Waals surface area contributed by atoms with Gasteiger partial charge in [-0.05, 0) is 19.2 Å². The number of para-hydroxylation sites is 1. The van der Waals surface area contributed by atoms with Gasteiger partial charge in [-0.15, -0.1) is 0 Å². The normalized spacial score (nSPS) is 18.4. The highest BCUT2D eigenvalue weighted by atomic mass is 16.2. The first kappa shape index (κ1) is 14.1. The van der Waals surface area contributed by atoms with Crippen LogP contribution in [0, 0.1) is 0 Å². The third-order valence-electron chi connectivity index (χ3n) is 4.49. The van der Waals surface area contributed by atoms with E-state index in [4.69, 9.17) is 0 Å². The Kier molecular flexibility index (Phi) is 3.46. The van der Waals surface area contributed by atoms with Gasteiger partial charge in [0.1, 0.15) is 0 Å². The molecule has 3 heterocycles. The van der Waals surface area contributed by atoms with E-state index in [0.717, 1.165) is 43.5 Å². The van der Waals surface area contributed by atoms with Gasteiger partial charge in [-0.3, -0.25) is 4.79 Å². The molecule has 1 aromatic carbocycles. The van der Waals surface area contributed by atoms with Crippen LogP contribution in [0.25, 0.3) is 0 Å². The lowest BCUT2D eigenvalue weighted by atomic mass is 10.2. The number of fused-ring (bicyclic) bond motifs is 1. The zero-order valence-electron chi connectivity index (χ0n) is 13.1. The van der Waals surface area contributed by atoms with Gasteiger partial charge < -0.3 is 14.7 Å². The molecule has 6 nitrogen and oxygen atoms in total. The number of amides is 1. The van der Waals surface area contributed by atoms with Crippen molar-refractivity contribution < 1.29 is 4.79 Å². The molecule has 1 saturated heterocycles. The van der Waals surface area contributed by atoms with Crippen LogP contribution in [-0.2, 0) is 6.54 Å². The molecule has 1 fully saturated rings. The first-order valence-corrected chi connectivity index (χ1v) is 7.89. The van der Waals surface area contributed by atoms with Crippen molar-refractivity contribution in [2.24, 2.45) is 0 Å². The summed E-state index contributed by atoms with van der Waals surface area (Å²) in [7, 11) is 2.12. The second-order valence-corrected chi connectivity index (χ2v) is 6.05. The Morgan fingerprint density at radius 2 is 1.78 bits per heavy atom. The van der Waals surface area contributed by atoms with E-state index in [1.165, 1.54) is 0 Å². The number of anilines is 2. The average molecular weight is 309 g/mol. The zero-order valence-corrected chi connectivity index (χ0v) is 13.1. The number of benzene rings is 1. The van der Waals surface area contributed by atoms with Crippen LogP contribution in [0.1, 0.15) is 16.1 Å². The monoisotopic (exact) mass is 309 g/mol. The second kappa shape index (κ2) is 5.62. The molecule has 0 atom stereocenters. The van der Waals surface area contributed by atoms with Gasteiger partial charge in [0, 0.05) is 38.1 Å². The van der Waals surface area contributed by atoms with E-state index < -0.39 is 0 Å². The van der Waals surface area contributed by atoms with Gasteiger partial charge in [-0.25, -0.2) is 9.97 Å². The fraction of sp³-hybridized carbons (Fsp3) is 0.353. The smallest absolute Gasteiger partial charge is 0.262 e. The number of hydrogen-bond donors (Lipinski definition) is 0. The van der Waals surface area contributed by atoms with E-state index in [0.29, 0.717) is 12.1 Å². The zero-order chi connectivity index (χ0) is 15.8. The fourth-order valence-corrected chi connectivity index (χ4v) is 3.05. The molecule has 6 heteroatoms. The summed E-state index contributed by atoms with van der Waals surface area (Å²) in [4.78, 5) is 27.9. The van der Waals surface area contributed by atoms with Gasteiger partial charge in [-0.2, -0.15) is 0 Å². The highest BCUT2D eigenvalue weighted by Gasteiger charge is 2.31. The lowest BCUT2D eigenvalue weighted by molar-refractivity contribution is 0.0996. The lowest BCUT2D eigenvalue weighted by Gasteiger charge is -2.32. The summed E-state index contributed by atoms with van der Waals surface area (Å²) in [6.07, 6.45) is 1.68.